The highest BCUT2D eigenvalue weighted by atomic mass is 16.5. The SMILES string of the molecule is CCNCCOCCN(C)CC(=O)C(C)C. The Hall–Kier alpha value is -0.450. The van der Waals surface area contributed by atoms with Gasteiger partial charge in [-0.3, -0.25) is 9.69 Å². The first kappa shape index (κ1) is 15.6. The molecule has 96 valence electrons. The number of hydrogen-bond donors (Lipinski definition) is 1. The number of nitrogens with zero attached hydrogens (tertiary/aromatic N) is 1. The van der Waals surface area contributed by atoms with Crippen LogP contribution in [0.1, 0.15) is 20.8 Å². The topological polar surface area (TPSA) is 41.6 Å². The van der Waals surface area contributed by atoms with Gasteiger partial charge in [-0.2, -0.15) is 0 Å². The van der Waals surface area contributed by atoms with Crippen LogP contribution in [0.25, 0.3) is 0 Å². The number of hydrogen-bond acceptors (Lipinski definition) is 4. The summed E-state index contributed by atoms with van der Waals surface area (Å²) in [6.45, 7) is 10.6. The summed E-state index contributed by atoms with van der Waals surface area (Å²) in [5.41, 5.74) is 0. The fourth-order valence-corrected chi connectivity index (χ4v) is 1.17. The van der Waals surface area contributed by atoms with Crippen LogP contribution in [0.5, 0.6) is 0 Å². The first-order valence-corrected chi connectivity index (χ1v) is 6.07. The van der Waals surface area contributed by atoms with Crippen molar-refractivity contribution in [2.75, 3.05) is 46.4 Å². The summed E-state index contributed by atoms with van der Waals surface area (Å²) in [6.07, 6.45) is 0. The molecule has 1 N–H and O–H groups in total. The summed E-state index contributed by atoms with van der Waals surface area (Å²) in [5.74, 6) is 0.410. The summed E-state index contributed by atoms with van der Waals surface area (Å²) >= 11 is 0. The second kappa shape index (κ2) is 9.75. The van der Waals surface area contributed by atoms with Gasteiger partial charge in [-0.05, 0) is 13.6 Å². The predicted octanol–water partition coefficient (Wildman–Crippen LogP) is 0.769. The quantitative estimate of drug-likeness (QED) is 0.563. The Balaban J connectivity index is 3.37. The smallest absolute Gasteiger partial charge is 0.149 e. The molecule has 4 nitrogen and oxygen atoms in total. The van der Waals surface area contributed by atoms with E-state index >= 15 is 0 Å². The Bertz CT molecular complexity index is 184. The molecule has 0 fully saturated rings. The van der Waals surface area contributed by atoms with Gasteiger partial charge in [0.05, 0.1) is 19.8 Å². The van der Waals surface area contributed by atoms with E-state index in [9.17, 15) is 4.79 Å². The van der Waals surface area contributed by atoms with Crippen LogP contribution in [0.15, 0.2) is 0 Å². The Morgan fingerprint density at radius 1 is 1.38 bits per heavy atom. The van der Waals surface area contributed by atoms with E-state index in [4.69, 9.17) is 4.74 Å². The van der Waals surface area contributed by atoms with Crippen molar-refractivity contribution in [3.63, 3.8) is 0 Å². The number of carbonyl (C=O) groups is 1. The number of rotatable bonds is 10. The van der Waals surface area contributed by atoms with Crippen LogP contribution in [0.4, 0.5) is 0 Å². The molecular weight excluding hydrogens is 204 g/mol. The summed E-state index contributed by atoms with van der Waals surface area (Å²) in [4.78, 5) is 13.4. The molecule has 0 saturated heterocycles. The number of Topliss-reactive ketones (excluding diaryl/α,β-unsaturated/α-hetero) is 1. The van der Waals surface area contributed by atoms with Gasteiger partial charge < -0.3 is 10.1 Å². The van der Waals surface area contributed by atoms with Crippen LogP contribution in [-0.2, 0) is 9.53 Å². The zero-order chi connectivity index (χ0) is 12.4. The first-order chi connectivity index (χ1) is 7.57. The van der Waals surface area contributed by atoms with E-state index in [-0.39, 0.29) is 11.7 Å². The van der Waals surface area contributed by atoms with Gasteiger partial charge in [0.15, 0.2) is 0 Å². The molecule has 0 heterocycles. The van der Waals surface area contributed by atoms with E-state index in [1.54, 1.807) is 0 Å². The van der Waals surface area contributed by atoms with Gasteiger partial charge in [0.25, 0.3) is 0 Å². The van der Waals surface area contributed by atoms with Gasteiger partial charge in [0.2, 0.25) is 0 Å². The lowest BCUT2D eigenvalue weighted by Gasteiger charge is -2.16. The van der Waals surface area contributed by atoms with Gasteiger partial charge in [-0.15, -0.1) is 0 Å². The van der Waals surface area contributed by atoms with Crippen molar-refractivity contribution in [1.82, 2.24) is 10.2 Å². The van der Waals surface area contributed by atoms with Gasteiger partial charge in [-0.1, -0.05) is 20.8 Å². The molecule has 4 heteroatoms. The number of likely N-dealkylation sites (N-methyl/N-ethyl adjacent to an activating group) is 2. The molecule has 0 atom stereocenters. The van der Waals surface area contributed by atoms with Crippen LogP contribution in [0, 0.1) is 5.92 Å². The highest BCUT2D eigenvalue weighted by Crippen LogP contribution is 1.96. The second-order valence-corrected chi connectivity index (χ2v) is 4.32. The minimum atomic E-state index is 0.122. The fraction of sp³-hybridized carbons (Fsp3) is 0.917. The molecule has 0 radical (unpaired) electrons. The second-order valence-electron chi connectivity index (χ2n) is 4.32. The lowest BCUT2D eigenvalue weighted by molar-refractivity contribution is -0.122. The third-order valence-corrected chi connectivity index (χ3v) is 2.36. The summed E-state index contributed by atoms with van der Waals surface area (Å²) < 4.78 is 5.43. The highest BCUT2D eigenvalue weighted by molar-refractivity contribution is 5.82. The van der Waals surface area contributed by atoms with Crippen LogP contribution < -0.4 is 5.32 Å². The van der Waals surface area contributed by atoms with Crippen LogP contribution in [0.2, 0.25) is 0 Å². The van der Waals surface area contributed by atoms with E-state index in [1.807, 2.05) is 25.8 Å². The Kier molecular flexibility index (Phi) is 9.48. The Labute approximate surface area is 99.3 Å². The maximum atomic E-state index is 11.4. The number of ether oxygens (including phenoxy) is 1. The van der Waals surface area contributed by atoms with Gasteiger partial charge in [0, 0.05) is 19.0 Å². The molecule has 0 aliphatic carbocycles. The molecule has 0 rings (SSSR count). The molecule has 0 unspecified atom stereocenters. The molecule has 0 aromatic carbocycles. The summed E-state index contributed by atoms with van der Waals surface area (Å²) in [7, 11) is 1.95. The van der Waals surface area contributed by atoms with Crippen molar-refractivity contribution < 1.29 is 9.53 Å². The highest BCUT2D eigenvalue weighted by Gasteiger charge is 2.09. The van der Waals surface area contributed by atoms with Gasteiger partial charge in [-0.25, -0.2) is 0 Å². The fourth-order valence-electron chi connectivity index (χ4n) is 1.17. The first-order valence-electron chi connectivity index (χ1n) is 6.07. The number of carbonyl (C=O) groups excluding carboxylic acids is 1. The normalized spacial score (nSPS) is 11.4. The molecule has 0 aromatic rings. The minimum absolute atomic E-state index is 0.122. The molecule has 16 heavy (non-hydrogen) atoms. The van der Waals surface area contributed by atoms with E-state index in [0.29, 0.717) is 13.2 Å². The molecule has 0 bridgehead atoms. The van der Waals surface area contributed by atoms with E-state index in [1.165, 1.54) is 0 Å². The molecule has 0 saturated carbocycles. The lowest BCUT2D eigenvalue weighted by Crippen LogP contribution is -2.31. The van der Waals surface area contributed by atoms with Crippen molar-refractivity contribution >= 4 is 5.78 Å². The van der Waals surface area contributed by atoms with Crippen LogP contribution >= 0.6 is 0 Å². The average molecular weight is 230 g/mol. The Morgan fingerprint density at radius 2 is 2.06 bits per heavy atom. The zero-order valence-electron chi connectivity index (χ0n) is 11.1. The zero-order valence-corrected chi connectivity index (χ0v) is 11.1. The molecule has 0 aromatic heterocycles. The van der Waals surface area contributed by atoms with Crippen molar-refractivity contribution in [1.29, 1.82) is 0 Å². The molecular formula is C12H26N2O2. The van der Waals surface area contributed by atoms with Crippen LogP contribution in [0.3, 0.4) is 0 Å². The van der Waals surface area contributed by atoms with E-state index in [0.717, 1.165) is 26.2 Å². The van der Waals surface area contributed by atoms with Crippen molar-refractivity contribution in [3.8, 4) is 0 Å². The number of ketones is 1. The summed E-state index contributed by atoms with van der Waals surface area (Å²) in [5, 5.41) is 3.19. The monoisotopic (exact) mass is 230 g/mol. The lowest BCUT2D eigenvalue weighted by atomic mass is 10.1. The standard InChI is InChI=1S/C12H26N2O2/c1-5-13-6-8-16-9-7-14(4)10-12(15)11(2)3/h11,13H,5-10H2,1-4H3. The maximum absolute atomic E-state index is 11.4. The average Bonchev–Trinajstić information content (AvgIpc) is 2.23. The third-order valence-electron chi connectivity index (χ3n) is 2.36. The summed E-state index contributed by atoms with van der Waals surface area (Å²) in [6, 6.07) is 0. The third kappa shape index (κ3) is 8.83. The largest absolute Gasteiger partial charge is 0.379 e. The van der Waals surface area contributed by atoms with E-state index in [2.05, 4.69) is 12.2 Å². The van der Waals surface area contributed by atoms with E-state index < -0.39 is 0 Å². The van der Waals surface area contributed by atoms with Crippen molar-refractivity contribution in [3.05, 3.63) is 0 Å². The molecule has 0 aliphatic heterocycles. The van der Waals surface area contributed by atoms with Crippen molar-refractivity contribution in [2.45, 2.75) is 20.8 Å². The maximum Gasteiger partial charge on any atom is 0.149 e. The molecule has 0 amide bonds. The van der Waals surface area contributed by atoms with Gasteiger partial charge >= 0.3 is 0 Å². The Morgan fingerprint density at radius 3 is 2.62 bits per heavy atom. The van der Waals surface area contributed by atoms with Crippen molar-refractivity contribution in [2.24, 2.45) is 5.92 Å². The number of nitrogens with one attached hydrogen (secondary N) is 1. The van der Waals surface area contributed by atoms with Gasteiger partial charge in [0.1, 0.15) is 5.78 Å². The minimum Gasteiger partial charge on any atom is -0.379 e. The molecule has 0 aliphatic rings. The molecule has 0 spiro atoms. The van der Waals surface area contributed by atoms with Crippen LogP contribution in [-0.4, -0.2) is 57.1 Å². The predicted molar refractivity (Wildman–Crippen MR) is 66.7 cm³/mol.